The van der Waals surface area contributed by atoms with Crippen molar-refractivity contribution in [2.45, 2.75) is 38.4 Å². The maximum atomic E-state index is 13.4. The normalized spacial score (nSPS) is 16.3. The van der Waals surface area contributed by atoms with E-state index in [0.717, 1.165) is 42.5 Å². The van der Waals surface area contributed by atoms with Gasteiger partial charge in [-0.15, -0.1) is 11.3 Å². The van der Waals surface area contributed by atoms with Crippen molar-refractivity contribution in [3.8, 4) is 6.07 Å². The Balaban J connectivity index is 0.000000211. The number of hydrogen-bond donors (Lipinski definition) is 1. The van der Waals surface area contributed by atoms with Crippen molar-refractivity contribution >= 4 is 11.3 Å². The zero-order chi connectivity index (χ0) is 25.5. The molecule has 2 aromatic carbocycles. The molecule has 3 heterocycles. The van der Waals surface area contributed by atoms with Gasteiger partial charge in [0.05, 0.1) is 24.6 Å². The number of ether oxygens (including phenoxy) is 1. The molecule has 1 atom stereocenters. The number of nitrogens with one attached hydrogen (secondary N) is 1. The second kappa shape index (κ2) is 11.6. The number of fused-ring (bicyclic) bond motifs is 1. The van der Waals surface area contributed by atoms with Crippen molar-refractivity contribution in [2.24, 2.45) is 0 Å². The molecular weight excluding hydrogens is 471 g/mol. The third-order valence-electron chi connectivity index (χ3n) is 6.46. The van der Waals surface area contributed by atoms with E-state index in [1.54, 1.807) is 29.8 Å². The molecule has 0 bridgehead atoms. The van der Waals surface area contributed by atoms with Crippen molar-refractivity contribution in [1.29, 1.82) is 5.26 Å². The minimum Gasteiger partial charge on any atom is -0.361 e. The number of imidazole rings is 1. The Morgan fingerprint density at radius 3 is 2.64 bits per heavy atom. The van der Waals surface area contributed by atoms with Gasteiger partial charge in [-0.2, -0.15) is 5.26 Å². The number of thiophene rings is 1. The fourth-order valence-corrected chi connectivity index (χ4v) is 5.48. The molecule has 0 fully saturated rings. The topological polar surface area (TPSA) is 64.9 Å². The van der Waals surface area contributed by atoms with Crippen molar-refractivity contribution < 1.29 is 9.13 Å². The zero-order valence-corrected chi connectivity index (χ0v) is 21.7. The predicted octanol–water partition coefficient (Wildman–Crippen LogP) is 6.18. The lowest BCUT2D eigenvalue weighted by atomic mass is 9.81. The molecule has 4 aromatic rings. The fraction of sp³-hybridized carbons (Fsp3) is 0.310. The number of nitrogens with zero attached hydrogens (tertiary/aromatic N) is 3. The van der Waals surface area contributed by atoms with Crippen LogP contribution in [0.1, 0.15) is 51.2 Å². The molecule has 1 unspecified atom stereocenters. The lowest BCUT2D eigenvalue weighted by Crippen LogP contribution is -2.28. The molecule has 1 N–H and O–H groups in total. The molecule has 186 valence electrons. The molecule has 5 nitrogen and oxygen atoms in total. The zero-order valence-electron chi connectivity index (χ0n) is 20.9. The van der Waals surface area contributed by atoms with Gasteiger partial charge in [-0.05, 0) is 98.4 Å². The summed E-state index contributed by atoms with van der Waals surface area (Å²) in [4.78, 5) is 10.6. The Bertz CT molecular complexity index is 1310. The highest BCUT2D eigenvalue weighted by atomic mass is 32.1. The van der Waals surface area contributed by atoms with Crippen molar-refractivity contribution in [1.82, 2.24) is 14.9 Å². The molecule has 5 rings (SSSR count). The average Bonchev–Trinajstić information content (AvgIpc) is 3.62. The van der Waals surface area contributed by atoms with Crippen LogP contribution in [0.25, 0.3) is 0 Å². The number of benzene rings is 2. The van der Waals surface area contributed by atoms with E-state index in [4.69, 9.17) is 10.00 Å². The van der Waals surface area contributed by atoms with E-state index < -0.39 is 5.60 Å². The second-order valence-corrected chi connectivity index (χ2v) is 10.3. The number of nitriles is 1. The highest BCUT2D eigenvalue weighted by Crippen LogP contribution is 2.45. The summed E-state index contributed by atoms with van der Waals surface area (Å²) < 4.78 is 19.6. The highest BCUT2D eigenvalue weighted by molar-refractivity contribution is 7.10. The van der Waals surface area contributed by atoms with Crippen LogP contribution in [0.3, 0.4) is 0 Å². The van der Waals surface area contributed by atoms with Crippen LogP contribution >= 0.6 is 11.3 Å². The Morgan fingerprint density at radius 1 is 1.19 bits per heavy atom. The first-order valence-electron chi connectivity index (χ1n) is 12.0. The number of aryl methyl sites for hydroxylation is 1. The summed E-state index contributed by atoms with van der Waals surface area (Å²) in [6, 6.07) is 16.6. The van der Waals surface area contributed by atoms with E-state index in [0.29, 0.717) is 12.2 Å². The second-order valence-electron chi connectivity index (χ2n) is 9.29. The van der Waals surface area contributed by atoms with Crippen LogP contribution in [0.4, 0.5) is 4.39 Å². The number of aromatic nitrogens is 2. The van der Waals surface area contributed by atoms with E-state index in [1.165, 1.54) is 28.3 Å². The molecule has 1 aliphatic heterocycles. The molecule has 0 radical (unpaired) electrons. The first kappa shape index (κ1) is 25.8. The third-order valence-corrected chi connectivity index (χ3v) is 7.49. The number of hydrogen-bond acceptors (Lipinski definition) is 5. The van der Waals surface area contributed by atoms with Gasteiger partial charge >= 0.3 is 0 Å². The summed E-state index contributed by atoms with van der Waals surface area (Å²) in [5.41, 5.74) is 5.73. The van der Waals surface area contributed by atoms with Crippen LogP contribution in [-0.2, 0) is 23.4 Å². The molecule has 0 aliphatic carbocycles. The monoisotopic (exact) mass is 502 g/mol. The molecule has 2 aromatic heterocycles. The van der Waals surface area contributed by atoms with E-state index in [1.807, 2.05) is 38.5 Å². The summed E-state index contributed by atoms with van der Waals surface area (Å²) in [5, 5.41) is 11.2. The molecule has 0 spiro atoms. The Kier molecular flexibility index (Phi) is 8.32. The van der Waals surface area contributed by atoms with Gasteiger partial charge in [0, 0.05) is 23.2 Å². The Hall–Kier alpha value is -3.31. The van der Waals surface area contributed by atoms with Crippen LogP contribution in [0.15, 0.2) is 66.4 Å². The molecular formula is C29H31FN4OS. The van der Waals surface area contributed by atoms with Crippen LogP contribution in [-0.4, -0.2) is 35.5 Å². The number of H-pyrrole nitrogens is 1. The van der Waals surface area contributed by atoms with Crippen molar-refractivity contribution in [3.05, 3.63) is 111 Å². The quantitative estimate of drug-likeness (QED) is 0.328. The maximum Gasteiger partial charge on any atom is 0.123 e. The van der Waals surface area contributed by atoms with Crippen molar-refractivity contribution in [2.75, 3.05) is 20.6 Å². The molecule has 7 heteroatoms. The van der Waals surface area contributed by atoms with Gasteiger partial charge in [-0.25, -0.2) is 9.37 Å². The summed E-state index contributed by atoms with van der Waals surface area (Å²) >= 11 is 1.80. The van der Waals surface area contributed by atoms with Crippen LogP contribution in [0.5, 0.6) is 0 Å². The van der Waals surface area contributed by atoms with E-state index in [9.17, 15) is 4.39 Å². The molecule has 0 saturated heterocycles. The van der Waals surface area contributed by atoms with Crippen LogP contribution < -0.4 is 0 Å². The SMILES string of the molecule is CN(C)CCCC1(c2ccc(F)cc2)OCc2cc(C#N)ccc21.Cc1ccsc1Cc1cnc[nH]1. The lowest BCUT2D eigenvalue weighted by molar-refractivity contribution is -0.0140. The minimum absolute atomic E-state index is 0.250. The minimum atomic E-state index is -0.562. The standard InChI is InChI=1S/C20H21FN2O.C9H10N2S/c1-23(2)11-3-10-20(17-5-7-18(21)8-6-17)19-9-4-15(13-22)12-16(19)14-24-20;1-7-2-3-12-9(7)4-8-5-10-6-11-8/h4-9,12H,3,10-11,14H2,1-2H3;2-3,5-6H,4H2,1H3,(H,10,11). The van der Waals surface area contributed by atoms with Gasteiger partial charge in [0.2, 0.25) is 0 Å². The van der Waals surface area contributed by atoms with Crippen molar-refractivity contribution in [3.63, 3.8) is 0 Å². The Morgan fingerprint density at radius 2 is 2.00 bits per heavy atom. The summed E-state index contributed by atoms with van der Waals surface area (Å²) in [7, 11) is 4.10. The molecule has 36 heavy (non-hydrogen) atoms. The number of rotatable bonds is 7. The van der Waals surface area contributed by atoms with Crippen LogP contribution in [0, 0.1) is 24.1 Å². The summed E-state index contributed by atoms with van der Waals surface area (Å²) in [5.74, 6) is -0.250. The highest BCUT2D eigenvalue weighted by Gasteiger charge is 2.41. The summed E-state index contributed by atoms with van der Waals surface area (Å²) in [6.45, 7) is 3.57. The fourth-order valence-electron chi connectivity index (χ4n) is 4.55. The number of aromatic amines is 1. The average molecular weight is 503 g/mol. The third kappa shape index (κ3) is 5.90. The van der Waals surface area contributed by atoms with Crippen LogP contribution in [0.2, 0.25) is 0 Å². The number of halogens is 1. The largest absolute Gasteiger partial charge is 0.361 e. The predicted molar refractivity (Wildman–Crippen MR) is 141 cm³/mol. The molecule has 0 amide bonds. The van der Waals surface area contributed by atoms with E-state index in [-0.39, 0.29) is 5.82 Å². The van der Waals surface area contributed by atoms with Gasteiger partial charge in [0.15, 0.2) is 0 Å². The van der Waals surface area contributed by atoms with E-state index in [2.05, 4.69) is 39.3 Å². The van der Waals surface area contributed by atoms with E-state index >= 15 is 0 Å². The molecule has 0 saturated carbocycles. The first-order valence-corrected chi connectivity index (χ1v) is 12.9. The lowest BCUT2D eigenvalue weighted by Gasteiger charge is -2.31. The van der Waals surface area contributed by atoms with Gasteiger partial charge < -0.3 is 14.6 Å². The maximum absolute atomic E-state index is 13.4. The Labute approximate surface area is 216 Å². The van der Waals surface area contributed by atoms with Gasteiger partial charge in [-0.1, -0.05) is 18.2 Å². The van der Waals surface area contributed by atoms with Gasteiger partial charge in [0.1, 0.15) is 11.4 Å². The summed E-state index contributed by atoms with van der Waals surface area (Å²) in [6.07, 6.45) is 6.35. The smallest absolute Gasteiger partial charge is 0.123 e. The van der Waals surface area contributed by atoms with Gasteiger partial charge in [-0.3, -0.25) is 0 Å². The van der Waals surface area contributed by atoms with Gasteiger partial charge in [0.25, 0.3) is 0 Å². The molecule has 1 aliphatic rings. The first-order chi connectivity index (χ1) is 17.4.